The first-order valence-electron chi connectivity index (χ1n) is 3.79. The van der Waals surface area contributed by atoms with Crippen LogP contribution in [0.5, 0.6) is 0 Å². The minimum absolute atomic E-state index is 0.217. The first-order chi connectivity index (χ1) is 6.66. The average Bonchev–Trinajstić information content (AvgIpc) is 2.47. The van der Waals surface area contributed by atoms with Crippen LogP contribution in [0.1, 0.15) is 0 Å². The van der Waals surface area contributed by atoms with E-state index in [-0.39, 0.29) is 5.15 Å². The molecule has 0 spiro atoms. The van der Waals surface area contributed by atoms with Crippen LogP contribution in [0.2, 0.25) is 5.15 Å². The number of hydrogen-bond donors (Lipinski definition) is 0. The summed E-state index contributed by atoms with van der Waals surface area (Å²) in [7, 11) is 0. The Hall–Kier alpha value is -1.30. The number of hydrogen-bond acceptors (Lipinski definition) is 3. The van der Waals surface area contributed by atoms with Crippen molar-refractivity contribution in [3.05, 3.63) is 17.5 Å². The molecule has 0 aromatic carbocycles. The van der Waals surface area contributed by atoms with E-state index in [1.165, 1.54) is 12.4 Å². The molecule has 74 valence electrons. The number of halogens is 3. The lowest BCUT2D eigenvalue weighted by Gasteiger charge is -2.00. The fraction of sp³-hybridized carbons (Fsp3) is 0.286. The lowest BCUT2D eigenvalue weighted by molar-refractivity contribution is 0.123. The average molecular weight is 219 g/mol. The zero-order chi connectivity index (χ0) is 10.1. The minimum Gasteiger partial charge on any atom is -0.240 e. The predicted octanol–water partition coefficient (Wildman–Crippen LogP) is 1.74. The molecule has 0 saturated heterocycles. The number of alkyl halides is 2. The highest BCUT2D eigenvalue weighted by atomic mass is 35.5. The summed E-state index contributed by atoms with van der Waals surface area (Å²) in [6.45, 7) is -0.486. The Bertz CT molecular complexity index is 456. The Kier molecular flexibility index (Phi) is 2.28. The van der Waals surface area contributed by atoms with Gasteiger partial charge in [0.15, 0.2) is 5.65 Å². The van der Waals surface area contributed by atoms with Crippen molar-refractivity contribution in [3.8, 4) is 0 Å². The summed E-state index contributed by atoms with van der Waals surface area (Å²) in [5.74, 6) is 0. The third kappa shape index (κ3) is 1.65. The summed E-state index contributed by atoms with van der Waals surface area (Å²) >= 11 is 5.57. The maximum Gasteiger partial charge on any atom is 0.258 e. The van der Waals surface area contributed by atoms with Gasteiger partial charge in [-0.15, -0.1) is 0 Å². The van der Waals surface area contributed by atoms with Crippen LogP contribution in [0, 0.1) is 0 Å². The van der Waals surface area contributed by atoms with Crippen molar-refractivity contribution >= 4 is 22.8 Å². The highest BCUT2D eigenvalue weighted by Crippen LogP contribution is 2.12. The quantitative estimate of drug-likeness (QED) is 0.771. The van der Waals surface area contributed by atoms with Crippen LogP contribution in [-0.2, 0) is 6.54 Å². The molecule has 0 N–H and O–H groups in total. The number of aromatic nitrogens is 4. The zero-order valence-electron chi connectivity index (χ0n) is 6.86. The molecule has 0 radical (unpaired) electrons. The van der Waals surface area contributed by atoms with Crippen molar-refractivity contribution in [2.24, 2.45) is 0 Å². The molecule has 0 aliphatic heterocycles. The molecule has 0 bridgehead atoms. The highest BCUT2D eigenvalue weighted by Gasteiger charge is 2.10. The molecule has 0 fully saturated rings. The second-order valence-electron chi connectivity index (χ2n) is 2.62. The molecule has 0 atom stereocenters. The van der Waals surface area contributed by atoms with Gasteiger partial charge in [0.05, 0.1) is 12.4 Å². The smallest absolute Gasteiger partial charge is 0.240 e. The predicted molar refractivity (Wildman–Crippen MR) is 46.3 cm³/mol. The Morgan fingerprint density at radius 2 is 2.21 bits per heavy atom. The molecule has 2 rings (SSSR count). The van der Waals surface area contributed by atoms with Crippen molar-refractivity contribution in [2.75, 3.05) is 0 Å². The van der Waals surface area contributed by atoms with Crippen LogP contribution in [0.15, 0.2) is 12.4 Å². The van der Waals surface area contributed by atoms with Gasteiger partial charge in [-0.25, -0.2) is 23.4 Å². The molecule has 2 aromatic rings. The second-order valence-corrected chi connectivity index (χ2v) is 3.01. The molecule has 0 saturated carbocycles. The highest BCUT2D eigenvalue weighted by molar-refractivity contribution is 6.29. The van der Waals surface area contributed by atoms with Gasteiger partial charge in [-0.2, -0.15) is 5.10 Å². The van der Waals surface area contributed by atoms with E-state index in [2.05, 4.69) is 15.1 Å². The molecule has 0 aliphatic rings. The Labute approximate surface area is 82.5 Å². The number of fused-ring (bicyclic) bond motifs is 1. The topological polar surface area (TPSA) is 43.6 Å². The SMILES string of the molecule is FC(F)Cn1ncc2nc(Cl)cnc21. The zero-order valence-corrected chi connectivity index (χ0v) is 7.62. The van der Waals surface area contributed by atoms with Gasteiger partial charge in [0.25, 0.3) is 6.43 Å². The van der Waals surface area contributed by atoms with Crippen molar-refractivity contribution in [1.82, 2.24) is 19.7 Å². The first kappa shape index (κ1) is 9.26. The van der Waals surface area contributed by atoms with Crippen LogP contribution in [0.4, 0.5) is 8.78 Å². The fourth-order valence-electron chi connectivity index (χ4n) is 1.10. The van der Waals surface area contributed by atoms with Gasteiger partial charge < -0.3 is 0 Å². The van der Waals surface area contributed by atoms with Crippen LogP contribution in [0.25, 0.3) is 11.2 Å². The van der Waals surface area contributed by atoms with Gasteiger partial charge in [0, 0.05) is 0 Å². The molecule has 14 heavy (non-hydrogen) atoms. The van der Waals surface area contributed by atoms with Crippen LogP contribution < -0.4 is 0 Å². The standard InChI is InChI=1S/C7H5ClF2N4/c8-5-2-11-7-4(13-5)1-12-14(7)3-6(9)10/h1-2,6H,3H2. The summed E-state index contributed by atoms with van der Waals surface area (Å²) < 4.78 is 25.2. The molecule has 7 heteroatoms. The van der Waals surface area contributed by atoms with Crippen LogP contribution >= 0.6 is 11.6 Å². The van der Waals surface area contributed by atoms with E-state index in [0.717, 1.165) is 4.68 Å². The summed E-state index contributed by atoms with van der Waals surface area (Å²) in [6, 6.07) is 0. The third-order valence-corrected chi connectivity index (χ3v) is 1.81. The lowest BCUT2D eigenvalue weighted by Crippen LogP contribution is -2.08. The molecule has 4 nitrogen and oxygen atoms in total. The molecule has 2 aromatic heterocycles. The summed E-state index contributed by atoms with van der Waals surface area (Å²) in [6.07, 6.45) is 0.194. The maximum atomic E-state index is 12.1. The summed E-state index contributed by atoms with van der Waals surface area (Å²) in [5.41, 5.74) is 0.729. The van der Waals surface area contributed by atoms with Gasteiger partial charge in [0.2, 0.25) is 0 Å². The van der Waals surface area contributed by atoms with E-state index in [0.29, 0.717) is 11.2 Å². The van der Waals surface area contributed by atoms with Gasteiger partial charge in [-0.05, 0) is 0 Å². The normalized spacial score (nSPS) is 11.4. The Morgan fingerprint density at radius 1 is 1.43 bits per heavy atom. The Morgan fingerprint density at radius 3 is 2.93 bits per heavy atom. The van der Waals surface area contributed by atoms with E-state index < -0.39 is 13.0 Å². The summed E-state index contributed by atoms with van der Waals surface area (Å²) in [5, 5.41) is 3.95. The van der Waals surface area contributed by atoms with Gasteiger partial charge in [0.1, 0.15) is 17.2 Å². The maximum absolute atomic E-state index is 12.1. The van der Waals surface area contributed by atoms with E-state index >= 15 is 0 Å². The molecular formula is C7H5ClF2N4. The van der Waals surface area contributed by atoms with Crippen molar-refractivity contribution in [1.29, 1.82) is 0 Å². The van der Waals surface area contributed by atoms with Crippen LogP contribution in [-0.4, -0.2) is 26.2 Å². The van der Waals surface area contributed by atoms with E-state index in [1.54, 1.807) is 0 Å². The second kappa shape index (κ2) is 3.45. The molecule has 0 amide bonds. The first-order valence-corrected chi connectivity index (χ1v) is 4.17. The van der Waals surface area contributed by atoms with Crippen molar-refractivity contribution in [3.63, 3.8) is 0 Å². The molecular weight excluding hydrogens is 214 g/mol. The monoisotopic (exact) mass is 218 g/mol. The summed E-state index contributed by atoms with van der Waals surface area (Å²) in [4.78, 5) is 7.74. The van der Waals surface area contributed by atoms with E-state index in [4.69, 9.17) is 11.6 Å². The number of rotatable bonds is 2. The third-order valence-electron chi connectivity index (χ3n) is 1.62. The van der Waals surface area contributed by atoms with Gasteiger partial charge in [-0.1, -0.05) is 11.6 Å². The molecule has 2 heterocycles. The largest absolute Gasteiger partial charge is 0.258 e. The minimum atomic E-state index is -2.46. The van der Waals surface area contributed by atoms with Crippen LogP contribution in [0.3, 0.4) is 0 Å². The molecule has 0 unspecified atom stereocenters. The Balaban J connectivity index is 2.47. The van der Waals surface area contributed by atoms with Crippen molar-refractivity contribution < 1.29 is 8.78 Å². The fourth-order valence-corrected chi connectivity index (χ4v) is 1.24. The van der Waals surface area contributed by atoms with Crippen molar-refractivity contribution in [2.45, 2.75) is 13.0 Å². The van der Waals surface area contributed by atoms with E-state index in [1.807, 2.05) is 0 Å². The van der Waals surface area contributed by atoms with E-state index in [9.17, 15) is 8.78 Å². The lowest BCUT2D eigenvalue weighted by atomic mass is 10.5. The van der Waals surface area contributed by atoms with Gasteiger partial charge >= 0.3 is 0 Å². The number of nitrogens with zero attached hydrogens (tertiary/aromatic N) is 4. The molecule has 0 aliphatic carbocycles. The van der Waals surface area contributed by atoms with Gasteiger partial charge in [-0.3, -0.25) is 0 Å².